The summed E-state index contributed by atoms with van der Waals surface area (Å²) in [7, 11) is 0. The van der Waals surface area contributed by atoms with E-state index in [1.54, 1.807) is 0 Å². The number of rotatable bonds is 0. The zero-order valence-electron chi connectivity index (χ0n) is 10.8. The van der Waals surface area contributed by atoms with Crippen molar-refractivity contribution >= 4 is 27.9 Å². The highest BCUT2D eigenvalue weighted by atomic mass is 16.4. The summed E-state index contributed by atoms with van der Waals surface area (Å²) in [6.45, 7) is 6.58. The van der Waals surface area contributed by atoms with Crippen LogP contribution in [0.3, 0.4) is 0 Å². The Hall–Kier alpha value is -2.03. The second-order valence-corrected chi connectivity index (χ2v) is 5.62. The molecule has 0 aliphatic heterocycles. The fraction of sp³-hybridized carbons (Fsp3) is 0.267. The highest BCUT2D eigenvalue weighted by Crippen LogP contribution is 2.35. The molecule has 0 unspecified atom stereocenters. The maximum Gasteiger partial charge on any atom is 0.293 e. The van der Waals surface area contributed by atoms with Crippen molar-refractivity contribution in [3.05, 3.63) is 35.9 Å². The van der Waals surface area contributed by atoms with Crippen molar-refractivity contribution in [2.45, 2.75) is 26.2 Å². The minimum Gasteiger partial charge on any atom is -0.424 e. The van der Waals surface area contributed by atoms with Crippen LogP contribution in [0, 0.1) is 0 Å². The van der Waals surface area contributed by atoms with Gasteiger partial charge in [-0.1, -0.05) is 45.0 Å². The molecule has 0 spiro atoms. The zero-order valence-corrected chi connectivity index (χ0v) is 10.8. The molecule has 3 rings (SSSR count). The molecule has 1 heterocycles. The van der Waals surface area contributed by atoms with Gasteiger partial charge in [0.05, 0.1) is 0 Å². The summed E-state index contributed by atoms with van der Waals surface area (Å²) >= 11 is 0. The van der Waals surface area contributed by atoms with E-state index in [2.05, 4.69) is 44.0 Å². The summed E-state index contributed by atoms with van der Waals surface area (Å²) in [5.74, 6) is 0. The lowest BCUT2D eigenvalue weighted by Crippen LogP contribution is -2.11. The maximum atomic E-state index is 5.66. The summed E-state index contributed by atoms with van der Waals surface area (Å²) in [6.07, 6.45) is 0. The van der Waals surface area contributed by atoms with Gasteiger partial charge < -0.3 is 10.2 Å². The van der Waals surface area contributed by atoms with Gasteiger partial charge in [-0.25, -0.2) is 0 Å². The fourth-order valence-corrected chi connectivity index (χ4v) is 2.39. The van der Waals surface area contributed by atoms with Gasteiger partial charge in [0.2, 0.25) is 0 Å². The summed E-state index contributed by atoms with van der Waals surface area (Å²) in [5, 5.41) is 2.31. The zero-order chi connectivity index (χ0) is 12.9. The first kappa shape index (κ1) is 11.1. The number of nitrogens with two attached hydrogens (primary N) is 1. The number of nitrogens with zero attached hydrogens (tertiary/aromatic N) is 1. The van der Waals surface area contributed by atoms with E-state index in [1.807, 2.05) is 12.1 Å². The summed E-state index contributed by atoms with van der Waals surface area (Å²) in [5.41, 5.74) is 8.57. The smallest absolute Gasteiger partial charge is 0.293 e. The van der Waals surface area contributed by atoms with Gasteiger partial charge in [-0.15, -0.1) is 0 Å². The van der Waals surface area contributed by atoms with E-state index >= 15 is 0 Å². The lowest BCUT2D eigenvalue weighted by Gasteiger charge is -2.21. The molecule has 0 fully saturated rings. The van der Waals surface area contributed by atoms with Crippen LogP contribution >= 0.6 is 0 Å². The molecule has 2 aromatic carbocycles. The highest BCUT2D eigenvalue weighted by Gasteiger charge is 2.20. The van der Waals surface area contributed by atoms with Crippen LogP contribution in [0.4, 0.5) is 6.01 Å². The van der Waals surface area contributed by atoms with Crippen LogP contribution < -0.4 is 5.73 Å². The first-order valence-electron chi connectivity index (χ1n) is 6.05. The van der Waals surface area contributed by atoms with Gasteiger partial charge in [-0.3, -0.25) is 0 Å². The summed E-state index contributed by atoms with van der Waals surface area (Å²) < 4.78 is 5.48. The Kier molecular flexibility index (Phi) is 2.14. The molecule has 2 N–H and O–H groups in total. The SMILES string of the molecule is CC(C)(C)c1cc2oc(N)nc2c2ccccc12. The predicted octanol–water partition coefficient (Wildman–Crippen LogP) is 3.86. The van der Waals surface area contributed by atoms with E-state index in [4.69, 9.17) is 10.2 Å². The van der Waals surface area contributed by atoms with E-state index < -0.39 is 0 Å². The second-order valence-electron chi connectivity index (χ2n) is 5.62. The van der Waals surface area contributed by atoms with Gasteiger partial charge in [-0.05, 0) is 22.4 Å². The predicted molar refractivity (Wildman–Crippen MR) is 74.6 cm³/mol. The molecule has 0 saturated heterocycles. The molecule has 0 saturated carbocycles. The van der Waals surface area contributed by atoms with Gasteiger partial charge in [0.1, 0.15) is 5.52 Å². The number of anilines is 1. The van der Waals surface area contributed by atoms with Crippen LogP contribution in [0.5, 0.6) is 0 Å². The third-order valence-electron chi connectivity index (χ3n) is 3.23. The van der Waals surface area contributed by atoms with Crippen LogP contribution in [0.1, 0.15) is 26.3 Å². The van der Waals surface area contributed by atoms with Gasteiger partial charge >= 0.3 is 0 Å². The van der Waals surface area contributed by atoms with E-state index in [0.29, 0.717) is 0 Å². The molecule has 18 heavy (non-hydrogen) atoms. The molecule has 0 atom stereocenters. The maximum absolute atomic E-state index is 5.66. The van der Waals surface area contributed by atoms with Crippen molar-refractivity contribution in [2.24, 2.45) is 0 Å². The molecule has 0 aliphatic rings. The molecule has 92 valence electrons. The van der Waals surface area contributed by atoms with Crippen LogP contribution in [-0.2, 0) is 5.41 Å². The van der Waals surface area contributed by atoms with Crippen LogP contribution in [0.15, 0.2) is 34.7 Å². The number of hydrogen-bond donors (Lipinski definition) is 1. The first-order chi connectivity index (χ1) is 8.47. The van der Waals surface area contributed by atoms with E-state index in [1.165, 1.54) is 10.9 Å². The fourth-order valence-electron chi connectivity index (χ4n) is 2.39. The Morgan fingerprint density at radius 2 is 1.78 bits per heavy atom. The monoisotopic (exact) mass is 240 g/mol. The topological polar surface area (TPSA) is 52.0 Å². The first-order valence-corrected chi connectivity index (χ1v) is 6.05. The average Bonchev–Trinajstić information content (AvgIpc) is 2.67. The highest BCUT2D eigenvalue weighted by molar-refractivity contribution is 6.05. The van der Waals surface area contributed by atoms with Gasteiger partial charge in [0, 0.05) is 5.39 Å². The van der Waals surface area contributed by atoms with E-state index in [-0.39, 0.29) is 11.4 Å². The molecular weight excluding hydrogens is 224 g/mol. The largest absolute Gasteiger partial charge is 0.424 e. The quantitative estimate of drug-likeness (QED) is 0.649. The normalized spacial score (nSPS) is 12.4. The molecular formula is C15H16N2O. The molecule has 3 aromatic rings. The minimum absolute atomic E-state index is 0.0509. The molecule has 3 nitrogen and oxygen atoms in total. The lowest BCUT2D eigenvalue weighted by atomic mass is 9.83. The van der Waals surface area contributed by atoms with Gasteiger partial charge in [-0.2, -0.15) is 4.98 Å². The van der Waals surface area contributed by atoms with Crippen molar-refractivity contribution in [3.8, 4) is 0 Å². The molecule has 0 amide bonds. The van der Waals surface area contributed by atoms with Crippen molar-refractivity contribution in [2.75, 3.05) is 5.73 Å². The lowest BCUT2D eigenvalue weighted by molar-refractivity contribution is 0.590. The number of hydrogen-bond acceptors (Lipinski definition) is 3. The van der Waals surface area contributed by atoms with Gasteiger partial charge in [0.15, 0.2) is 5.58 Å². The van der Waals surface area contributed by atoms with Crippen LogP contribution in [0.25, 0.3) is 21.9 Å². The Bertz CT molecular complexity index is 735. The second kappa shape index (κ2) is 3.48. The molecule has 1 aromatic heterocycles. The number of oxazole rings is 1. The van der Waals surface area contributed by atoms with Crippen molar-refractivity contribution in [3.63, 3.8) is 0 Å². The summed E-state index contributed by atoms with van der Waals surface area (Å²) in [6, 6.07) is 10.5. The molecule has 0 aliphatic carbocycles. The summed E-state index contributed by atoms with van der Waals surface area (Å²) in [4.78, 5) is 4.28. The van der Waals surface area contributed by atoms with Crippen LogP contribution in [0.2, 0.25) is 0 Å². The number of benzene rings is 2. The van der Waals surface area contributed by atoms with Crippen molar-refractivity contribution in [1.29, 1.82) is 0 Å². The molecule has 0 bridgehead atoms. The third kappa shape index (κ3) is 1.55. The third-order valence-corrected chi connectivity index (χ3v) is 3.23. The van der Waals surface area contributed by atoms with Crippen molar-refractivity contribution < 1.29 is 4.42 Å². The standard InChI is InChI=1S/C15H16N2O/c1-15(2,3)11-8-12-13(17-14(16)18-12)10-7-5-4-6-9(10)11/h4-8H,1-3H3,(H2,16,17). The van der Waals surface area contributed by atoms with Gasteiger partial charge in [0.25, 0.3) is 6.01 Å². The number of fused-ring (bicyclic) bond motifs is 3. The Labute approximate surface area is 106 Å². The Morgan fingerprint density at radius 3 is 2.44 bits per heavy atom. The number of aromatic nitrogens is 1. The minimum atomic E-state index is 0.0509. The van der Waals surface area contributed by atoms with E-state index in [0.717, 1.165) is 16.5 Å². The Balaban J connectivity index is 2.54. The average molecular weight is 240 g/mol. The van der Waals surface area contributed by atoms with E-state index in [9.17, 15) is 0 Å². The number of nitrogen functional groups attached to an aromatic ring is 1. The molecule has 3 heteroatoms. The Morgan fingerprint density at radius 1 is 1.11 bits per heavy atom. The van der Waals surface area contributed by atoms with Crippen molar-refractivity contribution in [1.82, 2.24) is 4.98 Å². The molecule has 0 radical (unpaired) electrons. The van der Waals surface area contributed by atoms with Crippen LogP contribution in [-0.4, -0.2) is 4.98 Å².